The quantitative estimate of drug-likeness (QED) is 0.289. The van der Waals surface area contributed by atoms with Gasteiger partial charge in [-0.1, -0.05) is 63.3 Å². The second kappa shape index (κ2) is 19.0. The van der Waals surface area contributed by atoms with Crippen LogP contribution in [0.15, 0.2) is 24.3 Å². The van der Waals surface area contributed by atoms with Crippen LogP contribution in [0.1, 0.15) is 77.6 Å². The van der Waals surface area contributed by atoms with Crippen molar-refractivity contribution in [1.82, 2.24) is 0 Å². The molecule has 0 saturated heterocycles. The normalized spacial score (nSPS) is 12.6. The van der Waals surface area contributed by atoms with Gasteiger partial charge in [0.1, 0.15) is 0 Å². The first-order valence-electron chi connectivity index (χ1n) is 8.37. The number of carbonyl (C=O) groups excluding carboxylic acids is 1. The molecule has 0 bridgehead atoms. The van der Waals surface area contributed by atoms with E-state index < -0.39 is 12.1 Å². The molecule has 0 amide bonds. The molecule has 22 heavy (non-hydrogen) atoms. The first-order chi connectivity index (χ1) is 10.2. The summed E-state index contributed by atoms with van der Waals surface area (Å²) in [5.74, 6) is -1.36. The second-order valence-corrected chi connectivity index (χ2v) is 5.50. The monoisotopic (exact) mass is 318 g/mol. The molecule has 0 aromatic rings. The van der Waals surface area contributed by atoms with E-state index in [9.17, 15) is 9.90 Å². The van der Waals surface area contributed by atoms with Crippen molar-refractivity contribution in [3.05, 3.63) is 24.3 Å². The molecular formula is C18H31NaO3. The van der Waals surface area contributed by atoms with Crippen molar-refractivity contribution in [2.24, 2.45) is 0 Å². The zero-order valence-electron chi connectivity index (χ0n) is 14.4. The van der Waals surface area contributed by atoms with Crippen molar-refractivity contribution in [1.29, 1.82) is 0 Å². The van der Waals surface area contributed by atoms with Crippen molar-refractivity contribution in [2.45, 2.75) is 83.7 Å². The first-order valence-corrected chi connectivity index (χ1v) is 8.37. The maximum absolute atomic E-state index is 10.3. The molecule has 0 aliphatic carbocycles. The fourth-order valence-corrected chi connectivity index (χ4v) is 2.09. The molecule has 0 aromatic heterocycles. The molecule has 3 nitrogen and oxygen atoms in total. The third kappa shape index (κ3) is 18.0. The number of aliphatic hydroxyl groups excluding tert-OH is 1. The molecule has 0 aromatic carbocycles. The first kappa shape index (κ1) is 24.2. The van der Waals surface area contributed by atoms with Crippen LogP contribution in [-0.2, 0) is 4.79 Å². The molecule has 4 heteroatoms. The molecule has 0 saturated carbocycles. The molecule has 0 rings (SSSR count). The Labute approximate surface area is 158 Å². The molecule has 0 aliphatic heterocycles. The molecular weight excluding hydrogens is 287 g/mol. The summed E-state index contributed by atoms with van der Waals surface area (Å²) < 4.78 is 0. The van der Waals surface area contributed by atoms with E-state index in [-0.39, 0.29) is 29.6 Å². The van der Waals surface area contributed by atoms with Crippen molar-refractivity contribution in [2.75, 3.05) is 0 Å². The molecule has 1 N–H and O–H groups in total. The van der Waals surface area contributed by atoms with Crippen molar-refractivity contribution in [3.63, 3.8) is 0 Å². The molecule has 1 unspecified atom stereocenters. The third-order valence-electron chi connectivity index (χ3n) is 3.45. The van der Waals surface area contributed by atoms with E-state index in [1.165, 1.54) is 25.7 Å². The Morgan fingerprint density at radius 1 is 0.955 bits per heavy atom. The van der Waals surface area contributed by atoms with Gasteiger partial charge in [0.2, 0.25) is 0 Å². The summed E-state index contributed by atoms with van der Waals surface area (Å²) in [6, 6.07) is 0. The Kier molecular flexibility index (Phi) is 20.8. The number of carboxylic acids is 1. The predicted octanol–water partition coefficient (Wildman–Crippen LogP) is 0.525. The number of hydrogen-bond donors (Lipinski definition) is 1. The predicted molar refractivity (Wildman–Crippen MR) is 85.8 cm³/mol. The van der Waals surface area contributed by atoms with Gasteiger partial charge in [0.05, 0.1) is 12.1 Å². The zero-order chi connectivity index (χ0) is 15.8. The van der Waals surface area contributed by atoms with Gasteiger partial charge in [-0.05, 0) is 38.5 Å². The SMILES string of the molecule is CCCCC/C=C\C/C=C\CCCCCCC(O)C(=O)[O-].[Na+]. The largest absolute Gasteiger partial charge is 1.00 e. The topological polar surface area (TPSA) is 60.4 Å². The average Bonchev–Trinajstić information content (AvgIpc) is 2.47. The van der Waals surface area contributed by atoms with E-state index in [2.05, 4.69) is 31.2 Å². The van der Waals surface area contributed by atoms with Crippen molar-refractivity contribution in [3.8, 4) is 0 Å². The summed E-state index contributed by atoms with van der Waals surface area (Å²) in [5, 5.41) is 19.3. The molecule has 0 fully saturated rings. The fourth-order valence-electron chi connectivity index (χ4n) is 2.09. The van der Waals surface area contributed by atoms with Crippen LogP contribution < -0.4 is 34.7 Å². The Hall–Kier alpha value is -0.0900. The molecule has 1 atom stereocenters. The van der Waals surface area contributed by atoms with Gasteiger partial charge in [-0.25, -0.2) is 0 Å². The van der Waals surface area contributed by atoms with E-state index in [1.807, 2.05) is 0 Å². The maximum Gasteiger partial charge on any atom is 1.00 e. The summed E-state index contributed by atoms with van der Waals surface area (Å²) in [4.78, 5) is 10.3. The maximum atomic E-state index is 10.3. The third-order valence-corrected chi connectivity index (χ3v) is 3.45. The Morgan fingerprint density at radius 3 is 2.05 bits per heavy atom. The number of rotatable bonds is 14. The van der Waals surface area contributed by atoms with Gasteiger partial charge in [0, 0.05) is 0 Å². The van der Waals surface area contributed by atoms with Crippen LogP contribution in [0.2, 0.25) is 0 Å². The zero-order valence-corrected chi connectivity index (χ0v) is 16.4. The van der Waals surface area contributed by atoms with Gasteiger partial charge in [-0.3, -0.25) is 0 Å². The minimum Gasteiger partial charge on any atom is -0.547 e. The Balaban J connectivity index is 0. The average molecular weight is 318 g/mol. The second-order valence-electron chi connectivity index (χ2n) is 5.50. The van der Waals surface area contributed by atoms with Crippen LogP contribution >= 0.6 is 0 Å². The molecule has 0 radical (unpaired) electrons. The molecule has 0 spiro atoms. The van der Waals surface area contributed by atoms with Gasteiger partial charge in [-0.2, -0.15) is 0 Å². The number of aliphatic hydroxyl groups is 1. The van der Waals surface area contributed by atoms with Crippen LogP contribution in [0.25, 0.3) is 0 Å². The Bertz CT molecular complexity index is 301. The van der Waals surface area contributed by atoms with E-state index >= 15 is 0 Å². The van der Waals surface area contributed by atoms with Crippen molar-refractivity contribution < 1.29 is 44.6 Å². The minimum atomic E-state index is -1.36. The minimum absolute atomic E-state index is 0. The van der Waals surface area contributed by atoms with Crippen molar-refractivity contribution >= 4 is 5.97 Å². The summed E-state index contributed by atoms with van der Waals surface area (Å²) >= 11 is 0. The van der Waals surface area contributed by atoms with Crippen LogP contribution in [0, 0.1) is 0 Å². The molecule has 0 heterocycles. The van der Waals surface area contributed by atoms with Crippen LogP contribution in [0.4, 0.5) is 0 Å². The van der Waals surface area contributed by atoms with E-state index in [0.717, 1.165) is 38.5 Å². The van der Waals surface area contributed by atoms with Gasteiger partial charge in [-0.15, -0.1) is 0 Å². The number of aliphatic carboxylic acids is 1. The van der Waals surface area contributed by atoms with E-state index in [0.29, 0.717) is 6.42 Å². The fraction of sp³-hybridized carbons (Fsp3) is 0.722. The molecule has 122 valence electrons. The number of hydrogen-bond acceptors (Lipinski definition) is 3. The van der Waals surface area contributed by atoms with Crippen LogP contribution in [0.3, 0.4) is 0 Å². The van der Waals surface area contributed by atoms with E-state index in [1.54, 1.807) is 0 Å². The number of unbranched alkanes of at least 4 members (excludes halogenated alkanes) is 7. The van der Waals surface area contributed by atoms with E-state index in [4.69, 9.17) is 5.11 Å². The number of allylic oxidation sites excluding steroid dienone is 4. The standard InChI is InChI=1S/C18H32O3.Na/c1-2-3-4-5-6-7-8-9-10-11-12-13-14-15-16-17(19)18(20)21;/h6-7,9-10,17,19H,2-5,8,11-16H2,1H3,(H,20,21);/q;+1/p-1/b7-6-,10-9-;. The number of carboxylic acid groups (broad SMARTS) is 1. The van der Waals surface area contributed by atoms with Crippen LogP contribution in [-0.4, -0.2) is 17.2 Å². The summed E-state index contributed by atoms with van der Waals surface area (Å²) in [6.45, 7) is 2.22. The smallest absolute Gasteiger partial charge is 0.547 e. The van der Waals surface area contributed by atoms with Gasteiger partial charge in [0.15, 0.2) is 0 Å². The number of carbonyl (C=O) groups is 1. The van der Waals surface area contributed by atoms with Gasteiger partial charge >= 0.3 is 29.6 Å². The van der Waals surface area contributed by atoms with Gasteiger partial charge < -0.3 is 15.0 Å². The summed E-state index contributed by atoms with van der Waals surface area (Å²) in [6.07, 6.45) is 19.0. The summed E-state index contributed by atoms with van der Waals surface area (Å²) in [5.41, 5.74) is 0. The van der Waals surface area contributed by atoms with Crippen LogP contribution in [0.5, 0.6) is 0 Å². The summed E-state index contributed by atoms with van der Waals surface area (Å²) in [7, 11) is 0. The van der Waals surface area contributed by atoms with Gasteiger partial charge in [0.25, 0.3) is 0 Å². The molecule has 0 aliphatic rings. The Morgan fingerprint density at radius 2 is 1.50 bits per heavy atom.